The van der Waals surface area contributed by atoms with Gasteiger partial charge in [0.05, 0.1) is 33.5 Å². The van der Waals surface area contributed by atoms with E-state index in [1.165, 1.54) is 0 Å². The van der Waals surface area contributed by atoms with Crippen molar-refractivity contribution < 1.29 is 8.83 Å². The standard InChI is InChI=1S/C67H39N7O2/c1-4-17-40(18-5-1)43-31-35-58-50(37-43)51-38-44(32-36-59(51)75-58)65-70-64(42-21-8-3-9-22-42)71-67(72-65)73-55-28-14-11-24-48(55)62-56(73)34-33-46-45-23-10-13-27-54(45)74(63(46)62)66-68-52(41-19-6-2-7-20-41)39-53(69-66)47-26-16-30-60-61(47)49-25-12-15-29-57(49)76-60/h1-39H. The monoisotopic (exact) mass is 973 g/mol. The molecule has 6 heterocycles. The van der Waals surface area contributed by atoms with E-state index in [1.807, 2.05) is 78.9 Å². The molecule has 9 heteroatoms. The van der Waals surface area contributed by atoms with Crippen molar-refractivity contribution in [3.8, 4) is 68.3 Å². The van der Waals surface area contributed by atoms with Gasteiger partial charge in [-0.15, -0.1) is 0 Å². The van der Waals surface area contributed by atoms with Crippen molar-refractivity contribution in [3.05, 3.63) is 237 Å². The van der Waals surface area contributed by atoms with Crippen molar-refractivity contribution in [3.63, 3.8) is 0 Å². The molecule has 0 spiro atoms. The lowest BCUT2D eigenvalue weighted by Crippen LogP contribution is -2.06. The first-order valence-corrected chi connectivity index (χ1v) is 25.3. The van der Waals surface area contributed by atoms with Crippen LogP contribution < -0.4 is 0 Å². The molecule has 0 aliphatic carbocycles. The Hall–Kier alpha value is -10.5. The third kappa shape index (κ3) is 6.49. The van der Waals surface area contributed by atoms with Gasteiger partial charge in [0, 0.05) is 65.3 Å². The molecule has 0 amide bonds. The highest BCUT2D eigenvalue weighted by Gasteiger charge is 2.25. The van der Waals surface area contributed by atoms with E-state index in [2.05, 4.69) is 167 Å². The van der Waals surface area contributed by atoms with E-state index < -0.39 is 0 Å². The molecule has 76 heavy (non-hydrogen) atoms. The van der Waals surface area contributed by atoms with Gasteiger partial charge < -0.3 is 8.83 Å². The second-order valence-electron chi connectivity index (χ2n) is 19.2. The topological polar surface area (TPSA) is 101 Å². The van der Waals surface area contributed by atoms with Gasteiger partial charge in [-0.25, -0.2) is 15.0 Å². The zero-order chi connectivity index (χ0) is 49.8. The number of nitrogens with zero attached hydrogens (tertiary/aromatic N) is 7. The molecular formula is C67H39N7O2. The predicted octanol–water partition coefficient (Wildman–Crippen LogP) is 17.0. The summed E-state index contributed by atoms with van der Waals surface area (Å²) >= 11 is 0. The van der Waals surface area contributed by atoms with Gasteiger partial charge in [0.25, 0.3) is 0 Å². The molecule has 0 unspecified atom stereocenters. The Bertz CT molecular complexity index is 5000. The van der Waals surface area contributed by atoms with Crippen LogP contribution in [0.15, 0.2) is 245 Å². The van der Waals surface area contributed by atoms with E-state index >= 15 is 0 Å². The predicted molar refractivity (Wildman–Crippen MR) is 306 cm³/mol. The number of furan rings is 2. The maximum atomic E-state index is 6.42. The zero-order valence-corrected chi connectivity index (χ0v) is 40.5. The van der Waals surface area contributed by atoms with Gasteiger partial charge in [-0.05, 0) is 77.9 Å². The third-order valence-electron chi connectivity index (χ3n) is 14.8. The largest absolute Gasteiger partial charge is 0.456 e. The molecule has 9 nitrogen and oxygen atoms in total. The van der Waals surface area contributed by atoms with E-state index in [0.29, 0.717) is 23.5 Å². The first-order chi connectivity index (χ1) is 37.7. The zero-order valence-electron chi connectivity index (χ0n) is 40.5. The number of rotatable bonds is 7. The Morgan fingerprint density at radius 1 is 0.276 bits per heavy atom. The van der Waals surface area contributed by atoms with Crippen LogP contribution in [-0.2, 0) is 0 Å². The summed E-state index contributed by atoms with van der Waals surface area (Å²) in [5, 5.41) is 8.26. The van der Waals surface area contributed by atoms with Crippen molar-refractivity contribution in [2.45, 2.75) is 0 Å². The molecule has 0 aliphatic rings. The number of para-hydroxylation sites is 3. The van der Waals surface area contributed by atoms with Crippen LogP contribution >= 0.6 is 0 Å². The highest BCUT2D eigenvalue weighted by atomic mass is 16.3. The van der Waals surface area contributed by atoms with E-state index in [0.717, 1.165) is 132 Å². The molecule has 6 aromatic heterocycles. The van der Waals surface area contributed by atoms with Crippen LogP contribution in [0.25, 0.3) is 156 Å². The van der Waals surface area contributed by atoms with Crippen LogP contribution in [0, 0.1) is 0 Å². The Labute approximate surface area is 433 Å². The molecule has 0 bridgehead atoms. The van der Waals surface area contributed by atoms with Crippen LogP contribution in [0.5, 0.6) is 0 Å². The molecule has 0 saturated heterocycles. The van der Waals surface area contributed by atoms with Gasteiger partial charge in [-0.2, -0.15) is 9.97 Å². The van der Waals surface area contributed by atoms with E-state index in [9.17, 15) is 0 Å². The summed E-state index contributed by atoms with van der Waals surface area (Å²) in [5.74, 6) is 2.14. The Morgan fingerprint density at radius 3 is 1.59 bits per heavy atom. The second-order valence-corrected chi connectivity index (χ2v) is 19.2. The van der Waals surface area contributed by atoms with Gasteiger partial charge in [0.15, 0.2) is 11.6 Å². The smallest absolute Gasteiger partial charge is 0.238 e. The lowest BCUT2D eigenvalue weighted by atomic mass is 10.0. The SMILES string of the molecule is c1ccc(-c2ccc3oc4ccc(-c5nc(-c6ccccc6)nc(-n6c7ccccc7c7c6ccc6c8ccccc8n(-c8nc(-c9ccccc9)cc(-c9cccc%10oc%11ccccc%11c9%10)n8)c67)n5)cc4c3c2)cc1. The molecule has 16 aromatic rings. The molecule has 0 atom stereocenters. The third-order valence-corrected chi connectivity index (χ3v) is 14.8. The maximum Gasteiger partial charge on any atom is 0.238 e. The summed E-state index contributed by atoms with van der Waals surface area (Å²) in [5.41, 5.74) is 14.6. The summed E-state index contributed by atoms with van der Waals surface area (Å²) in [6.07, 6.45) is 0. The van der Waals surface area contributed by atoms with E-state index in [1.54, 1.807) is 0 Å². The molecule has 354 valence electrons. The average Bonchev–Trinajstić information content (AvgIpc) is 4.38. The Kier molecular flexibility index (Phi) is 9.13. The van der Waals surface area contributed by atoms with Gasteiger partial charge in [-0.3, -0.25) is 9.13 Å². The molecule has 0 radical (unpaired) electrons. The molecule has 16 rings (SSSR count). The van der Waals surface area contributed by atoms with Crippen LogP contribution in [0.2, 0.25) is 0 Å². The summed E-state index contributed by atoms with van der Waals surface area (Å²) in [4.78, 5) is 27.0. The second kappa shape index (κ2) is 16.5. The van der Waals surface area contributed by atoms with Gasteiger partial charge in [0.2, 0.25) is 11.9 Å². The summed E-state index contributed by atoms with van der Waals surface area (Å²) in [6.45, 7) is 0. The van der Waals surface area contributed by atoms with E-state index in [4.69, 9.17) is 33.8 Å². The van der Waals surface area contributed by atoms with Crippen LogP contribution in [-0.4, -0.2) is 34.1 Å². The first-order valence-electron chi connectivity index (χ1n) is 25.3. The van der Waals surface area contributed by atoms with E-state index in [-0.39, 0.29) is 0 Å². The fourth-order valence-corrected chi connectivity index (χ4v) is 11.4. The molecule has 0 N–H and O–H groups in total. The van der Waals surface area contributed by atoms with Gasteiger partial charge in [0.1, 0.15) is 22.3 Å². The summed E-state index contributed by atoms with van der Waals surface area (Å²) in [7, 11) is 0. The quantitative estimate of drug-likeness (QED) is 0.157. The van der Waals surface area contributed by atoms with Crippen LogP contribution in [0.3, 0.4) is 0 Å². The highest BCUT2D eigenvalue weighted by Crippen LogP contribution is 2.44. The fourth-order valence-electron chi connectivity index (χ4n) is 11.4. The van der Waals surface area contributed by atoms with Crippen molar-refractivity contribution >= 4 is 87.5 Å². The fraction of sp³-hybridized carbons (Fsp3) is 0. The molecular weight excluding hydrogens is 935 g/mol. The summed E-state index contributed by atoms with van der Waals surface area (Å²) < 4.78 is 17.3. The summed E-state index contributed by atoms with van der Waals surface area (Å²) in [6, 6.07) is 81.4. The van der Waals surface area contributed by atoms with Crippen LogP contribution in [0.4, 0.5) is 0 Å². The maximum absolute atomic E-state index is 6.42. The molecule has 10 aromatic carbocycles. The number of benzene rings is 10. The van der Waals surface area contributed by atoms with Crippen LogP contribution in [0.1, 0.15) is 0 Å². The van der Waals surface area contributed by atoms with Crippen molar-refractivity contribution in [1.82, 2.24) is 34.1 Å². The molecule has 0 fully saturated rings. The number of fused-ring (bicyclic) bond motifs is 13. The van der Waals surface area contributed by atoms with Gasteiger partial charge in [-0.1, -0.05) is 170 Å². The number of aromatic nitrogens is 7. The average molecular weight is 974 g/mol. The highest BCUT2D eigenvalue weighted by molar-refractivity contribution is 6.26. The minimum atomic E-state index is 0.491. The molecule has 0 saturated carbocycles. The van der Waals surface area contributed by atoms with Gasteiger partial charge >= 0.3 is 0 Å². The number of hydrogen-bond acceptors (Lipinski definition) is 7. The minimum Gasteiger partial charge on any atom is -0.456 e. The van der Waals surface area contributed by atoms with Crippen molar-refractivity contribution in [2.24, 2.45) is 0 Å². The molecule has 0 aliphatic heterocycles. The normalized spacial score (nSPS) is 11.9. The van der Waals surface area contributed by atoms with Crippen molar-refractivity contribution in [2.75, 3.05) is 0 Å². The minimum absolute atomic E-state index is 0.491. The first kappa shape index (κ1) is 42.0. The Balaban J connectivity index is 0.955. The lowest BCUT2D eigenvalue weighted by molar-refractivity contribution is 0.668. The lowest BCUT2D eigenvalue weighted by Gasteiger charge is -2.13. The number of hydrogen-bond donors (Lipinski definition) is 0. The Morgan fingerprint density at radius 2 is 0.829 bits per heavy atom. The van der Waals surface area contributed by atoms with Crippen molar-refractivity contribution in [1.29, 1.82) is 0 Å².